The van der Waals surface area contributed by atoms with Gasteiger partial charge < -0.3 is 10.1 Å². The average molecular weight is 261 g/mol. The highest BCUT2D eigenvalue weighted by atomic mass is 16.5. The molecule has 1 aliphatic rings. The van der Waals surface area contributed by atoms with Crippen LogP contribution in [0.15, 0.2) is 24.3 Å². The topological polar surface area (TPSA) is 38.3 Å². The maximum absolute atomic E-state index is 11.8. The normalized spacial score (nSPS) is 17.6. The van der Waals surface area contributed by atoms with Gasteiger partial charge in [0.05, 0.1) is 0 Å². The molecule has 104 valence electrons. The summed E-state index contributed by atoms with van der Waals surface area (Å²) < 4.78 is 5.66. The summed E-state index contributed by atoms with van der Waals surface area (Å²) >= 11 is 0. The molecule has 2 unspecified atom stereocenters. The van der Waals surface area contributed by atoms with Gasteiger partial charge in [0, 0.05) is 6.04 Å². The van der Waals surface area contributed by atoms with Crippen LogP contribution < -0.4 is 10.1 Å². The Labute approximate surface area is 115 Å². The third-order valence-electron chi connectivity index (χ3n) is 3.67. The zero-order valence-electron chi connectivity index (χ0n) is 12.0. The summed E-state index contributed by atoms with van der Waals surface area (Å²) in [5, 5.41) is 2.95. The number of hydrogen-bond acceptors (Lipinski definition) is 2. The highest BCUT2D eigenvalue weighted by molar-refractivity contribution is 5.81. The van der Waals surface area contributed by atoms with E-state index in [1.54, 1.807) is 6.92 Å². The quantitative estimate of drug-likeness (QED) is 0.853. The second-order valence-electron chi connectivity index (χ2n) is 5.42. The van der Waals surface area contributed by atoms with Gasteiger partial charge in [-0.3, -0.25) is 4.79 Å². The summed E-state index contributed by atoms with van der Waals surface area (Å²) in [6.07, 6.45) is 2.89. The van der Waals surface area contributed by atoms with E-state index in [1.165, 1.54) is 5.56 Å². The Balaban J connectivity index is 1.89. The molecule has 19 heavy (non-hydrogen) atoms. The number of hydrogen-bond donors (Lipinski definition) is 1. The second-order valence-corrected chi connectivity index (χ2v) is 5.42. The van der Waals surface area contributed by atoms with Crippen molar-refractivity contribution >= 4 is 5.91 Å². The lowest BCUT2D eigenvalue weighted by atomic mass is 9.99. The molecule has 1 aromatic carbocycles. The molecule has 1 saturated carbocycles. The number of benzene rings is 1. The van der Waals surface area contributed by atoms with Crippen LogP contribution in [-0.2, 0) is 4.79 Å². The van der Waals surface area contributed by atoms with Crippen LogP contribution >= 0.6 is 0 Å². The molecule has 0 aromatic heterocycles. The molecule has 1 amide bonds. The summed E-state index contributed by atoms with van der Waals surface area (Å²) in [4.78, 5) is 11.8. The fourth-order valence-electron chi connectivity index (χ4n) is 1.91. The van der Waals surface area contributed by atoms with Gasteiger partial charge in [0.1, 0.15) is 5.75 Å². The molecule has 3 nitrogen and oxygen atoms in total. The van der Waals surface area contributed by atoms with E-state index < -0.39 is 6.10 Å². The number of nitrogens with one attached hydrogen (secondary N) is 1. The number of ether oxygens (including phenoxy) is 1. The standard InChI is InChI=1S/C16H23NO2/c1-4-11(2)13-5-9-15(10-6-13)19-12(3)16(18)17-14-7-8-14/h5-6,9-12,14H,4,7-8H2,1-3H3,(H,17,18). The molecule has 0 spiro atoms. The lowest BCUT2D eigenvalue weighted by Crippen LogP contribution is -2.37. The van der Waals surface area contributed by atoms with Gasteiger partial charge >= 0.3 is 0 Å². The minimum atomic E-state index is -0.435. The van der Waals surface area contributed by atoms with Crippen molar-refractivity contribution in [2.24, 2.45) is 0 Å². The zero-order valence-corrected chi connectivity index (χ0v) is 12.0. The van der Waals surface area contributed by atoms with Crippen molar-refractivity contribution in [3.63, 3.8) is 0 Å². The smallest absolute Gasteiger partial charge is 0.260 e. The molecular formula is C16H23NO2. The molecule has 2 atom stereocenters. The Hall–Kier alpha value is -1.51. The lowest BCUT2D eigenvalue weighted by Gasteiger charge is -2.15. The van der Waals surface area contributed by atoms with Gasteiger partial charge in [-0.2, -0.15) is 0 Å². The predicted molar refractivity (Wildman–Crippen MR) is 76.4 cm³/mol. The Morgan fingerprint density at radius 1 is 1.32 bits per heavy atom. The highest BCUT2D eigenvalue weighted by Crippen LogP contribution is 2.22. The van der Waals surface area contributed by atoms with Gasteiger partial charge in [0.15, 0.2) is 6.10 Å². The number of rotatable bonds is 6. The number of carbonyl (C=O) groups excluding carboxylic acids is 1. The maximum Gasteiger partial charge on any atom is 0.260 e. The van der Waals surface area contributed by atoms with E-state index >= 15 is 0 Å². The van der Waals surface area contributed by atoms with E-state index in [1.807, 2.05) is 12.1 Å². The van der Waals surface area contributed by atoms with Gasteiger partial charge in [-0.25, -0.2) is 0 Å². The number of carbonyl (C=O) groups is 1. The van der Waals surface area contributed by atoms with Gasteiger partial charge in [0.2, 0.25) is 0 Å². The average Bonchev–Trinajstić information content (AvgIpc) is 3.22. The van der Waals surface area contributed by atoms with Crippen LogP contribution in [0.3, 0.4) is 0 Å². The lowest BCUT2D eigenvalue weighted by molar-refractivity contribution is -0.127. The monoisotopic (exact) mass is 261 g/mol. The van der Waals surface area contributed by atoms with Crippen LogP contribution in [0, 0.1) is 0 Å². The first-order valence-electron chi connectivity index (χ1n) is 7.17. The minimum absolute atomic E-state index is 0.0199. The molecule has 0 aliphatic heterocycles. The number of amides is 1. The predicted octanol–water partition coefficient (Wildman–Crippen LogP) is 3.25. The fraction of sp³-hybridized carbons (Fsp3) is 0.562. The maximum atomic E-state index is 11.8. The van der Waals surface area contributed by atoms with E-state index in [0.717, 1.165) is 25.0 Å². The van der Waals surface area contributed by atoms with E-state index in [2.05, 4.69) is 31.3 Å². The van der Waals surface area contributed by atoms with Crippen molar-refractivity contribution < 1.29 is 9.53 Å². The van der Waals surface area contributed by atoms with Crippen LogP contribution in [0.2, 0.25) is 0 Å². The van der Waals surface area contributed by atoms with E-state index in [0.29, 0.717) is 12.0 Å². The first kappa shape index (κ1) is 13.9. The Bertz CT molecular complexity index is 423. The molecule has 0 heterocycles. The summed E-state index contributed by atoms with van der Waals surface area (Å²) in [7, 11) is 0. The summed E-state index contributed by atoms with van der Waals surface area (Å²) in [5.74, 6) is 1.30. The second kappa shape index (κ2) is 6.09. The van der Waals surface area contributed by atoms with Gasteiger partial charge in [-0.1, -0.05) is 26.0 Å². The fourth-order valence-corrected chi connectivity index (χ4v) is 1.91. The summed E-state index contributed by atoms with van der Waals surface area (Å²) in [5.41, 5.74) is 1.31. The van der Waals surface area contributed by atoms with Gasteiger partial charge in [-0.15, -0.1) is 0 Å². The van der Waals surface area contributed by atoms with E-state index in [9.17, 15) is 4.79 Å². The SMILES string of the molecule is CCC(C)c1ccc(OC(C)C(=O)NC2CC2)cc1. The highest BCUT2D eigenvalue weighted by Gasteiger charge is 2.26. The van der Waals surface area contributed by atoms with Crippen LogP contribution in [0.25, 0.3) is 0 Å². The van der Waals surface area contributed by atoms with Crippen LogP contribution in [0.4, 0.5) is 0 Å². The molecule has 1 aliphatic carbocycles. The van der Waals surface area contributed by atoms with Crippen LogP contribution in [0.5, 0.6) is 5.75 Å². The Kier molecular flexibility index (Phi) is 4.46. The molecule has 0 saturated heterocycles. The van der Waals surface area contributed by atoms with Crippen molar-refractivity contribution in [2.45, 2.75) is 58.1 Å². The molecule has 1 aromatic rings. The molecule has 0 bridgehead atoms. The minimum Gasteiger partial charge on any atom is -0.481 e. The first-order chi connectivity index (χ1) is 9.10. The molecule has 2 rings (SSSR count). The van der Waals surface area contributed by atoms with E-state index in [4.69, 9.17) is 4.74 Å². The van der Waals surface area contributed by atoms with Crippen LogP contribution in [-0.4, -0.2) is 18.1 Å². The summed E-state index contributed by atoms with van der Waals surface area (Å²) in [6.45, 7) is 6.18. The van der Waals surface area contributed by atoms with Crippen molar-refractivity contribution in [1.29, 1.82) is 0 Å². The molecule has 3 heteroatoms. The van der Waals surface area contributed by atoms with Crippen molar-refractivity contribution in [2.75, 3.05) is 0 Å². The van der Waals surface area contributed by atoms with Gasteiger partial charge in [-0.05, 0) is 49.8 Å². The zero-order chi connectivity index (χ0) is 13.8. The first-order valence-corrected chi connectivity index (χ1v) is 7.17. The third kappa shape index (κ3) is 3.98. The molecule has 0 radical (unpaired) electrons. The Morgan fingerprint density at radius 2 is 1.95 bits per heavy atom. The van der Waals surface area contributed by atoms with Crippen molar-refractivity contribution in [1.82, 2.24) is 5.32 Å². The van der Waals surface area contributed by atoms with Crippen molar-refractivity contribution in [3.8, 4) is 5.75 Å². The van der Waals surface area contributed by atoms with E-state index in [-0.39, 0.29) is 5.91 Å². The van der Waals surface area contributed by atoms with Crippen molar-refractivity contribution in [3.05, 3.63) is 29.8 Å². The molecule has 1 N–H and O–H groups in total. The van der Waals surface area contributed by atoms with Crippen LogP contribution in [0.1, 0.15) is 51.5 Å². The van der Waals surface area contributed by atoms with Gasteiger partial charge in [0.25, 0.3) is 5.91 Å². The Morgan fingerprint density at radius 3 is 2.47 bits per heavy atom. The molecular weight excluding hydrogens is 238 g/mol. The largest absolute Gasteiger partial charge is 0.481 e. The summed E-state index contributed by atoms with van der Waals surface area (Å²) in [6, 6.07) is 8.43. The molecule has 1 fully saturated rings. The third-order valence-corrected chi connectivity index (χ3v) is 3.67.